The number of nitrogens with one attached hydrogen (secondary N) is 1. The van der Waals surface area contributed by atoms with Crippen LogP contribution < -0.4 is 10.9 Å². The maximum absolute atomic E-state index is 13.5. The summed E-state index contributed by atoms with van der Waals surface area (Å²) in [7, 11) is 0. The SMILES string of the molecule is CC#CCn1c(NC(C)c2ccc(C(F)(F)F)cc2)nc2c(c1=O)CN(C(=O)c1ccc(C#N)cc1)CC2. The van der Waals surface area contributed by atoms with Crippen LogP contribution in [-0.4, -0.2) is 26.9 Å². The van der Waals surface area contributed by atoms with Gasteiger partial charge in [-0.25, -0.2) is 4.98 Å². The topological polar surface area (TPSA) is 91.0 Å². The summed E-state index contributed by atoms with van der Waals surface area (Å²) in [4.78, 5) is 32.8. The average Bonchev–Trinajstić information content (AvgIpc) is 2.92. The second-order valence-corrected chi connectivity index (χ2v) is 8.83. The fourth-order valence-electron chi connectivity index (χ4n) is 4.21. The lowest BCUT2D eigenvalue weighted by Crippen LogP contribution is -2.41. The van der Waals surface area contributed by atoms with Crippen molar-refractivity contribution in [2.24, 2.45) is 0 Å². The van der Waals surface area contributed by atoms with E-state index in [1.165, 1.54) is 16.7 Å². The van der Waals surface area contributed by atoms with Crippen LogP contribution in [-0.2, 0) is 25.7 Å². The molecule has 10 heteroatoms. The van der Waals surface area contributed by atoms with Crippen LogP contribution in [0.1, 0.15) is 58.2 Å². The van der Waals surface area contributed by atoms with Gasteiger partial charge in [0.2, 0.25) is 5.95 Å². The Morgan fingerprint density at radius 3 is 2.45 bits per heavy atom. The van der Waals surface area contributed by atoms with Gasteiger partial charge in [-0.15, -0.1) is 5.92 Å². The van der Waals surface area contributed by atoms with E-state index in [0.29, 0.717) is 40.9 Å². The predicted molar refractivity (Wildman–Crippen MR) is 135 cm³/mol. The fraction of sp³-hybridized carbons (Fsp3) is 0.286. The van der Waals surface area contributed by atoms with Crippen LogP contribution in [0.4, 0.5) is 19.1 Å². The molecule has 38 heavy (non-hydrogen) atoms. The summed E-state index contributed by atoms with van der Waals surface area (Å²) < 4.78 is 40.2. The van der Waals surface area contributed by atoms with E-state index in [-0.39, 0.29) is 30.5 Å². The molecule has 1 N–H and O–H groups in total. The number of nitriles is 1. The smallest absolute Gasteiger partial charge is 0.349 e. The van der Waals surface area contributed by atoms with Crippen molar-refractivity contribution in [3.63, 3.8) is 0 Å². The van der Waals surface area contributed by atoms with E-state index in [1.807, 2.05) is 6.07 Å². The molecule has 0 saturated heterocycles. The Kier molecular flexibility index (Phi) is 7.54. The number of fused-ring (bicyclic) bond motifs is 1. The third-order valence-electron chi connectivity index (χ3n) is 6.36. The molecule has 1 aromatic heterocycles. The Bertz CT molecular complexity index is 1510. The number of nitrogens with zero attached hydrogens (tertiary/aromatic N) is 4. The number of hydrogen-bond donors (Lipinski definition) is 1. The molecular weight excluding hydrogens is 495 g/mol. The first-order valence-corrected chi connectivity index (χ1v) is 11.9. The lowest BCUT2D eigenvalue weighted by molar-refractivity contribution is -0.137. The minimum Gasteiger partial charge on any atom is -0.349 e. The summed E-state index contributed by atoms with van der Waals surface area (Å²) in [5.74, 6) is 5.62. The standard InChI is InChI=1S/C28H24F3N5O2/c1-3-4-14-36-26(38)23-17-35(25(37)21-7-5-19(16-32)6-8-21)15-13-24(23)34-27(36)33-18(2)20-9-11-22(12-10-20)28(29,30)31/h5-12,18H,13-15,17H2,1-2H3,(H,33,34). The molecule has 3 aromatic rings. The van der Waals surface area contributed by atoms with Crippen LogP contribution in [0.2, 0.25) is 0 Å². The highest BCUT2D eigenvalue weighted by Crippen LogP contribution is 2.30. The maximum Gasteiger partial charge on any atom is 0.416 e. The first kappa shape index (κ1) is 26.5. The fourth-order valence-corrected chi connectivity index (χ4v) is 4.21. The van der Waals surface area contributed by atoms with Crippen LogP contribution >= 0.6 is 0 Å². The number of amides is 1. The van der Waals surface area contributed by atoms with Crippen LogP contribution in [0, 0.1) is 23.2 Å². The van der Waals surface area contributed by atoms with Crippen molar-refractivity contribution < 1.29 is 18.0 Å². The Morgan fingerprint density at radius 2 is 1.84 bits per heavy atom. The van der Waals surface area contributed by atoms with Gasteiger partial charge in [-0.3, -0.25) is 14.2 Å². The Labute approximate surface area is 217 Å². The maximum atomic E-state index is 13.5. The zero-order chi connectivity index (χ0) is 27.4. The Hall–Kier alpha value is -4.57. The van der Waals surface area contributed by atoms with Gasteiger partial charge in [-0.1, -0.05) is 18.1 Å². The van der Waals surface area contributed by atoms with Gasteiger partial charge in [0.15, 0.2) is 0 Å². The summed E-state index contributed by atoms with van der Waals surface area (Å²) in [5.41, 5.74) is 1.33. The number of carbonyl (C=O) groups excluding carboxylic acids is 1. The quantitative estimate of drug-likeness (QED) is 0.501. The normalized spacial score (nSPS) is 13.5. The first-order chi connectivity index (χ1) is 18.1. The summed E-state index contributed by atoms with van der Waals surface area (Å²) in [6.07, 6.45) is -4.07. The van der Waals surface area contributed by atoms with Gasteiger partial charge in [-0.2, -0.15) is 18.4 Å². The van der Waals surface area contributed by atoms with Crippen molar-refractivity contribution in [2.75, 3.05) is 11.9 Å². The lowest BCUT2D eigenvalue weighted by atomic mass is 10.0. The largest absolute Gasteiger partial charge is 0.416 e. The zero-order valence-electron chi connectivity index (χ0n) is 20.8. The second-order valence-electron chi connectivity index (χ2n) is 8.83. The lowest BCUT2D eigenvalue weighted by Gasteiger charge is -2.29. The second kappa shape index (κ2) is 10.8. The van der Waals surface area contributed by atoms with Gasteiger partial charge in [0.05, 0.1) is 47.6 Å². The number of anilines is 1. The van der Waals surface area contributed by atoms with Gasteiger partial charge in [0.25, 0.3) is 11.5 Å². The molecule has 194 valence electrons. The minimum atomic E-state index is -4.43. The molecule has 0 spiro atoms. The van der Waals surface area contributed by atoms with Crippen LogP contribution in [0.15, 0.2) is 53.3 Å². The van der Waals surface area contributed by atoms with E-state index < -0.39 is 17.8 Å². The molecule has 0 bridgehead atoms. The number of alkyl halides is 3. The molecule has 7 nitrogen and oxygen atoms in total. The summed E-state index contributed by atoms with van der Waals surface area (Å²) in [6.45, 7) is 3.90. The van der Waals surface area contributed by atoms with E-state index in [0.717, 1.165) is 12.1 Å². The van der Waals surface area contributed by atoms with Crippen LogP contribution in [0.5, 0.6) is 0 Å². The molecule has 0 aliphatic carbocycles. The molecule has 1 aliphatic heterocycles. The molecule has 0 saturated carbocycles. The van der Waals surface area contributed by atoms with E-state index in [4.69, 9.17) is 5.26 Å². The van der Waals surface area contributed by atoms with Crippen molar-refractivity contribution in [1.29, 1.82) is 5.26 Å². The number of halogens is 3. The number of rotatable bonds is 5. The van der Waals surface area contributed by atoms with Crippen molar-refractivity contribution >= 4 is 11.9 Å². The molecule has 1 amide bonds. The van der Waals surface area contributed by atoms with Gasteiger partial charge in [-0.05, 0) is 55.8 Å². The molecule has 2 heterocycles. The molecular formula is C28H24F3N5O2. The average molecular weight is 520 g/mol. The highest BCUT2D eigenvalue weighted by molar-refractivity contribution is 5.94. The van der Waals surface area contributed by atoms with E-state index in [1.54, 1.807) is 43.0 Å². The molecule has 4 rings (SSSR count). The van der Waals surface area contributed by atoms with E-state index in [9.17, 15) is 22.8 Å². The highest BCUT2D eigenvalue weighted by Gasteiger charge is 2.30. The van der Waals surface area contributed by atoms with Crippen LogP contribution in [0.3, 0.4) is 0 Å². The molecule has 1 aliphatic rings. The number of hydrogen-bond acceptors (Lipinski definition) is 5. The van der Waals surface area contributed by atoms with Gasteiger partial charge < -0.3 is 10.2 Å². The molecule has 1 atom stereocenters. The Balaban J connectivity index is 1.61. The summed E-state index contributed by atoms with van der Waals surface area (Å²) >= 11 is 0. The van der Waals surface area contributed by atoms with Crippen molar-refractivity contribution in [2.45, 2.75) is 45.6 Å². The summed E-state index contributed by atoms with van der Waals surface area (Å²) in [5, 5.41) is 12.1. The van der Waals surface area contributed by atoms with Crippen molar-refractivity contribution in [1.82, 2.24) is 14.5 Å². The first-order valence-electron chi connectivity index (χ1n) is 11.9. The zero-order valence-corrected chi connectivity index (χ0v) is 20.8. The van der Waals surface area contributed by atoms with E-state index in [2.05, 4.69) is 22.1 Å². The Morgan fingerprint density at radius 1 is 1.16 bits per heavy atom. The number of carbonyl (C=O) groups is 1. The van der Waals surface area contributed by atoms with Gasteiger partial charge >= 0.3 is 6.18 Å². The molecule has 0 fully saturated rings. The molecule has 0 radical (unpaired) electrons. The molecule has 2 aromatic carbocycles. The van der Waals surface area contributed by atoms with Crippen molar-refractivity contribution in [3.8, 4) is 17.9 Å². The predicted octanol–water partition coefficient (Wildman–Crippen LogP) is 4.53. The van der Waals surface area contributed by atoms with Crippen LogP contribution in [0.25, 0.3) is 0 Å². The number of aromatic nitrogens is 2. The third-order valence-corrected chi connectivity index (χ3v) is 6.36. The van der Waals surface area contributed by atoms with E-state index >= 15 is 0 Å². The summed E-state index contributed by atoms with van der Waals surface area (Å²) in [6, 6.07) is 12.7. The van der Waals surface area contributed by atoms with Gasteiger partial charge in [0.1, 0.15) is 0 Å². The number of benzene rings is 2. The van der Waals surface area contributed by atoms with Gasteiger partial charge in [0, 0.05) is 18.5 Å². The third kappa shape index (κ3) is 5.55. The highest BCUT2D eigenvalue weighted by atomic mass is 19.4. The molecule has 1 unspecified atom stereocenters. The minimum absolute atomic E-state index is 0.0568. The van der Waals surface area contributed by atoms with Crippen molar-refractivity contribution in [3.05, 3.63) is 92.4 Å². The monoisotopic (exact) mass is 519 g/mol.